The summed E-state index contributed by atoms with van der Waals surface area (Å²) in [5, 5.41) is 0.829. The van der Waals surface area contributed by atoms with Gasteiger partial charge in [-0.15, -0.1) is 0 Å². The molecular formula is C18H17Cl2FN2O. The highest BCUT2D eigenvalue weighted by Gasteiger charge is 2.22. The summed E-state index contributed by atoms with van der Waals surface area (Å²) in [7, 11) is 0. The molecule has 0 bridgehead atoms. The van der Waals surface area contributed by atoms with Gasteiger partial charge in [-0.25, -0.2) is 4.39 Å². The van der Waals surface area contributed by atoms with Gasteiger partial charge in [0.05, 0.1) is 10.0 Å². The Morgan fingerprint density at radius 1 is 0.958 bits per heavy atom. The van der Waals surface area contributed by atoms with Crippen LogP contribution in [-0.2, 0) is 6.54 Å². The number of rotatable bonds is 3. The average molecular weight is 367 g/mol. The minimum absolute atomic E-state index is 0.0324. The molecule has 1 aliphatic rings. The number of carbonyl (C=O) groups excluding carboxylic acids is 1. The molecule has 0 spiro atoms. The van der Waals surface area contributed by atoms with E-state index in [1.165, 1.54) is 12.1 Å². The summed E-state index contributed by atoms with van der Waals surface area (Å²) in [6, 6.07) is 11.5. The zero-order chi connectivity index (χ0) is 17.1. The molecule has 0 N–H and O–H groups in total. The van der Waals surface area contributed by atoms with Gasteiger partial charge in [0, 0.05) is 38.3 Å². The maximum atomic E-state index is 12.9. The van der Waals surface area contributed by atoms with Gasteiger partial charge in [0.1, 0.15) is 5.82 Å². The van der Waals surface area contributed by atoms with Crippen LogP contribution < -0.4 is 0 Å². The first-order valence-electron chi connectivity index (χ1n) is 7.74. The SMILES string of the molecule is O=C(c1ccc(Cl)c(Cl)c1)N1CCN(Cc2ccc(F)cc2)CC1. The van der Waals surface area contributed by atoms with Crippen molar-refractivity contribution in [3.63, 3.8) is 0 Å². The van der Waals surface area contributed by atoms with Crippen LogP contribution in [0.1, 0.15) is 15.9 Å². The van der Waals surface area contributed by atoms with Crippen molar-refractivity contribution in [2.45, 2.75) is 6.54 Å². The zero-order valence-electron chi connectivity index (χ0n) is 13.0. The molecule has 0 radical (unpaired) electrons. The van der Waals surface area contributed by atoms with Gasteiger partial charge < -0.3 is 4.90 Å². The van der Waals surface area contributed by atoms with Gasteiger partial charge in [-0.1, -0.05) is 35.3 Å². The van der Waals surface area contributed by atoms with Crippen molar-refractivity contribution in [3.8, 4) is 0 Å². The van der Waals surface area contributed by atoms with Crippen LogP contribution in [0.15, 0.2) is 42.5 Å². The number of amides is 1. The van der Waals surface area contributed by atoms with E-state index in [2.05, 4.69) is 4.90 Å². The second kappa shape index (κ2) is 7.51. The zero-order valence-corrected chi connectivity index (χ0v) is 14.5. The molecule has 0 saturated carbocycles. The Kier molecular flexibility index (Phi) is 5.39. The van der Waals surface area contributed by atoms with Crippen LogP contribution in [0.3, 0.4) is 0 Å². The molecule has 0 unspecified atom stereocenters. The van der Waals surface area contributed by atoms with E-state index in [1.54, 1.807) is 30.3 Å². The summed E-state index contributed by atoms with van der Waals surface area (Å²) in [5.41, 5.74) is 1.62. The molecule has 1 amide bonds. The summed E-state index contributed by atoms with van der Waals surface area (Å²) in [4.78, 5) is 16.6. The molecule has 126 valence electrons. The topological polar surface area (TPSA) is 23.6 Å². The van der Waals surface area contributed by atoms with E-state index in [0.717, 1.165) is 25.2 Å². The summed E-state index contributed by atoms with van der Waals surface area (Å²) < 4.78 is 12.9. The second-order valence-corrected chi connectivity index (χ2v) is 6.64. The summed E-state index contributed by atoms with van der Waals surface area (Å²) in [5.74, 6) is -0.259. The number of halogens is 3. The second-order valence-electron chi connectivity index (χ2n) is 5.82. The summed E-state index contributed by atoms with van der Waals surface area (Å²) in [6.45, 7) is 3.63. The number of carbonyl (C=O) groups is 1. The van der Waals surface area contributed by atoms with Crippen LogP contribution in [-0.4, -0.2) is 41.9 Å². The van der Waals surface area contributed by atoms with Crippen molar-refractivity contribution >= 4 is 29.1 Å². The van der Waals surface area contributed by atoms with Gasteiger partial charge in [0.2, 0.25) is 0 Å². The van der Waals surface area contributed by atoms with Crippen molar-refractivity contribution in [2.24, 2.45) is 0 Å². The minimum Gasteiger partial charge on any atom is -0.336 e. The number of nitrogens with zero attached hydrogens (tertiary/aromatic N) is 2. The predicted octanol–water partition coefficient (Wildman–Crippen LogP) is 4.09. The van der Waals surface area contributed by atoms with E-state index >= 15 is 0 Å². The van der Waals surface area contributed by atoms with Crippen LogP contribution in [0, 0.1) is 5.82 Å². The number of piperazine rings is 1. The van der Waals surface area contributed by atoms with E-state index in [9.17, 15) is 9.18 Å². The normalized spacial score (nSPS) is 15.5. The van der Waals surface area contributed by atoms with Gasteiger partial charge in [0.15, 0.2) is 0 Å². The summed E-state index contributed by atoms with van der Waals surface area (Å²) in [6.07, 6.45) is 0. The molecule has 2 aromatic rings. The smallest absolute Gasteiger partial charge is 0.253 e. The third-order valence-electron chi connectivity index (χ3n) is 4.15. The first-order chi connectivity index (χ1) is 11.5. The Morgan fingerprint density at radius 2 is 1.62 bits per heavy atom. The van der Waals surface area contributed by atoms with Gasteiger partial charge >= 0.3 is 0 Å². The van der Waals surface area contributed by atoms with E-state index in [4.69, 9.17) is 23.2 Å². The molecule has 3 nitrogen and oxygen atoms in total. The molecule has 1 saturated heterocycles. The lowest BCUT2D eigenvalue weighted by molar-refractivity contribution is 0.0628. The highest BCUT2D eigenvalue weighted by atomic mass is 35.5. The largest absolute Gasteiger partial charge is 0.336 e. The minimum atomic E-state index is -0.226. The predicted molar refractivity (Wildman–Crippen MR) is 94.0 cm³/mol. The highest BCUT2D eigenvalue weighted by molar-refractivity contribution is 6.42. The Hall–Kier alpha value is -1.62. The molecule has 1 aliphatic heterocycles. The van der Waals surface area contributed by atoms with Crippen LogP contribution in [0.2, 0.25) is 10.0 Å². The third kappa shape index (κ3) is 4.07. The Labute approximate surface area is 150 Å². The number of hydrogen-bond acceptors (Lipinski definition) is 2. The van der Waals surface area contributed by atoms with E-state index in [-0.39, 0.29) is 11.7 Å². The van der Waals surface area contributed by atoms with Crippen LogP contribution in [0.4, 0.5) is 4.39 Å². The fourth-order valence-corrected chi connectivity index (χ4v) is 3.07. The number of benzene rings is 2. The Bertz CT molecular complexity index is 728. The maximum absolute atomic E-state index is 12.9. The fraction of sp³-hybridized carbons (Fsp3) is 0.278. The molecule has 1 fully saturated rings. The van der Waals surface area contributed by atoms with E-state index in [0.29, 0.717) is 28.7 Å². The van der Waals surface area contributed by atoms with Gasteiger partial charge in [-0.2, -0.15) is 0 Å². The molecule has 3 rings (SSSR count). The fourth-order valence-electron chi connectivity index (χ4n) is 2.77. The molecule has 0 aromatic heterocycles. The average Bonchev–Trinajstić information content (AvgIpc) is 2.59. The van der Waals surface area contributed by atoms with Crippen LogP contribution >= 0.6 is 23.2 Å². The van der Waals surface area contributed by atoms with Gasteiger partial charge in [-0.3, -0.25) is 9.69 Å². The Morgan fingerprint density at radius 3 is 2.25 bits per heavy atom. The summed E-state index contributed by atoms with van der Waals surface area (Å²) >= 11 is 11.9. The highest BCUT2D eigenvalue weighted by Crippen LogP contribution is 2.23. The lowest BCUT2D eigenvalue weighted by atomic mass is 10.1. The molecule has 1 heterocycles. The van der Waals surface area contributed by atoms with Crippen molar-refractivity contribution in [1.82, 2.24) is 9.80 Å². The molecule has 2 aromatic carbocycles. The molecule has 0 atom stereocenters. The monoisotopic (exact) mass is 366 g/mol. The number of hydrogen-bond donors (Lipinski definition) is 0. The lowest BCUT2D eigenvalue weighted by Gasteiger charge is -2.34. The first-order valence-corrected chi connectivity index (χ1v) is 8.49. The van der Waals surface area contributed by atoms with E-state index in [1.807, 2.05) is 4.90 Å². The molecular weight excluding hydrogens is 350 g/mol. The first kappa shape index (κ1) is 17.2. The van der Waals surface area contributed by atoms with E-state index < -0.39 is 0 Å². The maximum Gasteiger partial charge on any atom is 0.253 e. The Balaban J connectivity index is 1.57. The lowest BCUT2D eigenvalue weighted by Crippen LogP contribution is -2.48. The quantitative estimate of drug-likeness (QED) is 0.816. The van der Waals surface area contributed by atoms with Crippen molar-refractivity contribution in [3.05, 3.63) is 69.5 Å². The standard InChI is InChI=1S/C18H17Cl2FN2O/c19-16-6-3-14(11-17(16)20)18(24)23-9-7-22(8-10-23)12-13-1-4-15(21)5-2-13/h1-6,11H,7-10,12H2. The molecule has 6 heteroatoms. The van der Waals surface area contributed by atoms with Crippen LogP contribution in [0.25, 0.3) is 0 Å². The van der Waals surface area contributed by atoms with Gasteiger partial charge in [-0.05, 0) is 35.9 Å². The molecule has 0 aliphatic carbocycles. The third-order valence-corrected chi connectivity index (χ3v) is 4.88. The van der Waals surface area contributed by atoms with Crippen LogP contribution in [0.5, 0.6) is 0 Å². The van der Waals surface area contributed by atoms with Crippen molar-refractivity contribution < 1.29 is 9.18 Å². The van der Waals surface area contributed by atoms with Gasteiger partial charge in [0.25, 0.3) is 5.91 Å². The molecule has 24 heavy (non-hydrogen) atoms. The van der Waals surface area contributed by atoms with Crippen molar-refractivity contribution in [2.75, 3.05) is 26.2 Å². The van der Waals surface area contributed by atoms with Crippen molar-refractivity contribution in [1.29, 1.82) is 0 Å².